The monoisotopic (exact) mass is 613 g/mol. The first-order chi connectivity index (χ1) is 21.5. The van der Waals surface area contributed by atoms with Crippen LogP contribution in [-0.2, 0) is 23.2 Å². The fraction of sp³-hybridized carbons (Fsp3) is 0.553. The highest BCUT2D eigenvalue weighted by atomic mass is 16.5. The van der Waals surface area contributed by atoms with Gasteiger partial charge in [-0.25, -0.2) is 4.79 Å². The molecule has 2 aromatic rings. The third-order valence-electron chi connectivity index (χ3n) is 10.5. The maximum absolute atomic E-state index is 14.6. The summed E-state index contributed by atoms with van der Waals surface area (Å²) < 4.78 is 18.0. The smallest absolute Gasteiger partial charge is 0.325 e. The van der Waals surface area contributed by atoms with Gasteiger partial charge in [-0.15, -0.1) is 0 Å². The van der Waals surface area contributed by atoms with Gasteiger partial charge in [-0.05, 0) is 68.7 Å². The second kappa shape index (κ2) is 12.5. The standard InChI is InChI=1S/C38H51N3O4/c1-26-18-27(2)20-29(19-26)24-39-14-12-38(13-15-39)34-23-37(4,5)35-30(21-31(43-6)22-33(35)44-7)25-40(34)36(42)41(38)16-17-45-32-11-9-8-10-28(32)3/h18-23,32H,3,8-17,24-25H2,1-2,4-7H3. The van der Waals surface area contributed by atoms with Crippen LogP contribution in [0.15, 0.2) is 54.3 Å². The second-order valence-electron chi connectivity index (χ2n) is 14.2. The van der Waals surface area contributed by atoms with Gasteiger partial charge in [0, 0.05) is 48.9 Å². The summed E-state index contributed by atoms with van der Waals surface area (Å²) >= 11 is 0. The molecule has 0 aromatic heterocycles. The van der Waals surface area contributed by atoms with Gasteiger partial charge in [-0.1, -0.05) is 62.2 Å². The molecular formula is C38H51N3O4. The van der Waals surface area contributed by atoms with E-state index in [1.165, 1.54) is 35.1 Å². The van der Waals surface area contributed by atoms with Crippen molar-refractivity contribution in [2.24, 2.45) is 0 Å². The average Bonchev–Trinajstić information content (AvgIpc) is 3.10. The molecule has 0 radical (unpaired) electrons. The minimum atomic E-state index is -0.389. The number of aryl methyl sites for hydroxylation is 2. The van der Waals surface area contributed by atoms with Crippen LogP contribution in [-0.4, -0.2) is 72.8 Å². The number of carbonyl (C=O) groups is 1. The van der Waals surface area contributed by atoms with Gasteiger partial charge in [-0.3, -0.25) is 9.80 Å². The first-order valence-electron chi connectivity index (χ1n) is 16.7. The van der Waals surface area contributed by atoms with Gasteiger partial charge >= 0.3 is 6.03 Å². The number of nitrogens with zero attached hydrogens (tertiary/aromatic N) is 3. The van der Waals surface area contributed by atoms with Crippen molar-refractivity contribution >= 4 is 6.03 Å². The van der Waals surface area contributed by atoms with Crippen LogP contribution in [0.4, 0.5) is 4.79 Å². The summed E-state index contributed by atoms with van der Waals surface area (Å²) in [6.07, 6.45) is 8.66. The highest BCUT2D eigenvalue weighted by molar-refractivity contribution is 5.83. The molecule has 7 heteroatoms. The fourth-order valence-corrected chi connectivity index (χ4v) is 8.42. The molecule has 2 amide bonds. The number of allylic oxidation sites excluding steroid dienone is 1. The van der Waals surface area contributed by atoms with E-state index in [-0.39, 0.29) is 23.1 Å². The molecule has 0 N–H and O–H groups in total. The van der Waals surface area contributed by atoms with Crippen molar-refractivity contribution in [2.45, 2.75) is 96.4 Å². The lowest BCUT2D eigenvalue weighted by molar-refractivity contribution is 0.0260. The second-order valence-corrected chi connectivity index (χ2v) is 14.2. The van der Waals surface area contributed by atoms with Gasteiger partial charge in [0.2, 0.25) is 0 Å². The molecule has 3 fully saturated rings. The minimum Gasteiger partial charge on any atom is -0.497 e. The maximum Gasteiger partial charge on any atom is 0.325 e. The van der Waals surface area contributed by atoms with E-state index in [2.05, 4.69) is 74.4 Å². The van der Waals surface area contributed by atoms with Crippen molar-refractivity contribution in [1.29, 1.82) is 0 Å². The Bertz CT molecular complexity index is 1470. The van der Waals surface area contributed by atoms with Crippen molar-refractivity contribution in [3.05, 3.63) is 82.1 Å². The zero-order chi connectivity index (χ0) is 31.9. The van der Waals surface area contributed by atoms with Gasteiger partial charge in [-0.2, -0.15) is 0 Å². The number of hydrogen-bond acceptors (Lipinski definition) is 5. The topological polar surface area (TPSA) is 54.5 Å². The molecule has 2 aromatic carbocycles. The fourth-order valence-electron chi connectivity index (χ4n) is 8.42. The molecule has 0 bridgehead atoms. The zero-order valence-electron chi connectivity index (χ0n) is 28.2. The third kappa shape index (κ3) is 6.01. The Balaban J connectivity index is 1.32. The lowest BCUT2D eigenvalue weighted by Gasteiger charge is -2.45. The Kier molecular flexibility index (Phi) is 8.79. The Hall–Kier alpha value is -3.29. The summed E-state index contributed by atoms with van der Waals surface area (Å²) in [5.41, 5.74) is 7.73. The Labute approximate surface area is 269 Å². The van der Waals surface area contributed by atoms with E-state index in [0.717, 1.165) is 73.6 Å². The average molecular weight is 614 g/mol. The van der Waals surface area contributed by atoms with Crippen LogP contribution >= 0.6 is 0 Å². The Morgan fingerprint density at radius 1 is 0.978 bits per heavy atom. The summed E-state index contributed by atoms with van der Waals surface area (Å²) in [4.78, 5) is 21.3. The highest BCUT2D eigenvalue weighted by Crippen LogP contribution is 2.50. The molecule has 4 aliphatic rings. The molecule has 2 saturated heterocycles. The SMILES string of the molecule is C=C1CCCCC1OCCN1C(=O)N2Cc3cc(OC)cc(OC)c3C(C)(C)C=C2C12CCN(Cc1cc(C)cc(C)c1)CC2. The largest absolute Gasteiger partial charge is 0.497 e. The van der Waals surface area contributed by atoms with E-state index < -0.39 is 0 Å². The van der Waals surface area contributed by atoms with E-state index in [1.54, 1.807) is 14.2 Å². The molecule has 242 valence electrons. The van der Waals surface area contributed by atoms with Gasteiger partial charge in [0.05, 0.1) is 39.0 Å². The predicted molar refractivity (Wildman–Crippen MR) is 179 cm³/mol. The normalized spacial score (nSPS) is 22.6. The summed E-state index contributed by atoms with van der Waals surface area (Å²) in [5, 5.41) is 0. The van der Waals surface area contributed by atoms with Crippen LogP contribution in [0.25, 0.3) is 0 Å². The summed E-state index contributed by atoms with van der Waals surface area (Å²) in [7, 11) is 3.39. The molecule has 1 unspecified atom stereocenters. The van der Waals surface area contributed by atoms with E-state index in [0.29, 0.717) is 19.7 Å². The molecule has 7 nitrogen and oxygen atoms in total. The number of amides is 2. The highest BCUT2D eigenvalue weighted by Gasteiger charge is 2.56. The molecule has 1 saturated carbocycles. The first-order valence-corrected chi connectivity index (χ1v) is 16.7. The zero-order valence-corrected chi connectivity index (χ0v) is 28.2. The molecule has 1 spiro atoms. The number of hydrogen-bond donors (Lipinski definition) is 0. The van der Waals surface area contributed by atoms with Gasteiger partial charge in [0.25, 0.3) is 0 Å². The summed E-state index contributed by atoms with van der Waals surface area (Å²) in [6.45, 7) is 17.5. The van der Waals surface area contributed by atoms with Crippen molar-refractivity contribution < 1.29 is 19.0 Å². The Morgan fingerprint density at radius 3 is 2.38 bits per heavy atom. The van der Waals surface area contributed by atoms with Crippen LogP contribution in [0, 0.1) is 13.8 Å². The third-order valence-corrected chi connectivity index (χ3v) is 10.5. The van der Waals surface area contributed by atoms with E-state index >= 15 is 0 Å². The van der Waals surface area contributed by atoms with Crippen LogP contribution < -0.4 is 9.47 Å². The van der Waals surface area contributed by atoms with Gasteiger partial charge in [0.15, 0.2) is 0 Å². The Morgan fingerprint density at radius 2 is 1.71 bits per heavy atom. The van der Waals surface area contributed by atoms with Crippen molar-refractivity contribution in [3.63, 3.8) is 0 Å². The number of methoxy groups -OCH3 is 2. The molecular weight excluding hydrogens is 562 g/mol. The maximum atomic E-state index is 14.6. The number of piperidine rings is 1. The number of carbonyl (C=O) groups excluding carboxylic acids is 1. The molecule has 3 aliphatic heterocycles. The van der Waals surface area contributed by atoms with Crippen molar-refractivity contribution in [1.82, 2.24) is 14.7 Å². The lowest BCUT2D eigenvalue weighted by Crippen LogP contribution is -2.54. The van der Waals surface area contributed by atoms with E-state index in [4.69, 9.17) is 14.2 Å². The molecule has 1 atom stereocenters. The van der Waals surface area contributed by atoms with E-state index in [9.17, 15) is 4.79 Å². The van der Waals surface area contributed by atoms with Crippen LogP contribution in [0.3, 0.4) is 0 Å². The van der Waals surface area contributed by atoms with Crippen LogP contribution in [0.1, 0.15) is 80.2 Å². The summed E-state index contributed by atoms with van der Waals surface area (Å²) in [5.74, 6) is 1.54. The minimum absolute atomic E-state index is 0.0699. The van der Waals surface area contributed by atoms with Gasteiger partial charge < -0.3 is 19.1 Å². The number of urea groups is 1. The number of benzene rings is 2. The number of ether oxygens (including phenoxy) is 3. The quantitative estimate of drug-likeness (QED) is 0.293. The van der Waals surface area contributed by atoms with Gasteiger partial charge in [0.1, 0.15) is 11.5 Å². The van der Waals surface area contributed by atoms with E-state index in [1.807, 2.05) is 11.0 Å². The van der Waals surface area contributed by atoms with Crippen molar-refractivity contribution in [2.75, 3.05) is 40.5 Å². The summed E-state index contributed by atoms with van der Waals surface area (Å²) in [6, 6.07) is 10.9. The lowest BCUT2D eigenvalue weighted by atomic mass is 9.77. The predicted octanol–water partition coefficient (Wildman–Crippen LogP) is 7.28. The van der Waals surface area contributed by atoms with Crippen LogP contribution in [0.5, 0.6) is 11.5 Å². The molecule has 1 aliphatic carbocycles. The number of likely N-dealkylation sites (tertiary alicyclic amines) is 1. The number of rotatable bonds is 8. The molecule has 3 heterocycles. The first kappa shape index (κ1) is 31.7. The van der Waals surface area contributed by atoms with Crippen LogP contribution in [0.2, 0.25) is 0 Å². The van der Waals surface area contributed by atoms with Crippen molar-refractivity contribution in [3.8, 4) is 11.5 Å². The molecule has 6 rings (SSSR count). The number of fused-ring (bicyclic) bond motifs is 3. The molecule has 45 heavy (non-hydrogen) atoms.